The molecule has 0 aliphatic heterocycles. The lowest BCUT2D eigenvalue weighted by Crippen LogP contribution is -2.06. The molecule has 0 saturated heterocycles. The highest BCUT2D eigenvalue weighted by molar-refractivity contribution is 7.25. The quantitative estimate of drug-likeness (QED) is 0.234. The molecule has 0 bridgehead atoms. The van der Waals surface area contributed by atoms with E-state index in [4.69, 9.17) is 15.0 Å². The van der Waals surface area contributed by atoms with Crippen LogP contribution in [-0.2, 0) is 0 Å². The summed E-state index contributed by atoms with van der Waals surface area (Å²) in [4.78, 5) is 15.0. The lowest BCUT2D eigenvalue weighted by Gasteiger charge is -2.11. The number of benzene rings is 5. The van der Waals surface area contributed by atoms with Crippen LogP contribution in [0.2, 0.25) is 0 Å². The van der Waals surface area contributed by atoms with Gasteiger partial charge in [0.1, 0.15) is 0 Å². The standard InChI is InChI=1S/C34H22N4S/c1-21-16-17-28-25(18-21)26-19-27-24-14-8-9-15-30(24)39-31(27)20-29(26)38(28)34-36-32(22-10-4-2-5-11-22)35-33(37-34)23-12-6-3-7-13-23/h2-20H,1H3. The maximum absolute atomic E-state index is 5.06. The molecule has 4 nitrogen and oxygen atoms in total. The molecule has 0 spiro atoms. The monoisotopic (exact) mass is 518 g/mol. The van der Waals surface area contributed by atoms with Crippen LogP contribution in [0.25, 0.3) is 70.7 Å². The van der Waals surface area contributed by atoms with Gasteiger partial charge in [0.25, 0.3) is 0 Å². The fourth-order valence-corrected chi connectivity index (χ4v) is 6.59. The summed E-state index contributed by atoms with van der Waals surface area (Å²) in [7, 11) is 0. The van der Waals surface area contributed by atoms with Gasteiger partial charge in [-0.1, -0.05) is 90.5 Å². The van der Waals surface area contributed by atoms with E-state index in [1.54, 1.807) is 0 Å². The van der Waals surface area contributed by atoms with E-state index in [2.05, 4.69) is 66.1 Å². The molecule has 3 heterocycles. The molecule has 0 saturated carbocycles. The van der Waals surface area contributed by atoms with Gasteiger partial charge in [-0.05, 0) is 37.3 Å². The van der Waals surface area contributed by atoms with Gasteiger partial charge < -0.3 is 0 Å². The first-order valence-electron chi connectivity index (χ1n) is 13.0. The Morgan fingerprint density at radius 2 is 1.15 bits per heavy atom. The molecular weight excluding hydrogens is 496 g/mol. The SMILES string of the molecule is Cc1ccc2c(c1)c1cc3c(cc1n2-c1nc(-c2ccccc2)nc(-c2ccccc2)n1)sc1ccccc13. The fraction of sp³-hybridized carbons (Fsp3) is 0.0294. The maximum Gasteiger partial charge on any atom is 0.238 e. The number of fused-ring (bicyclic) bond motifs is 6. The van der Waals surface area contributed by atoms with E-state index < -0.39 is 0 Å². The van der Waals surface area contributed by atoms with Crippen LogP contribution < -0.4 is 0 Å². The molecule has 0 fully saturated rings. The summed E-state index contributed by atoms with van der Waals surface area (Å²) in [5, 5.41) is 4.98. The number of rotatable bonds is 3. The smallest absolute Gasteiger partial charge is 0.238 e. The molecule has 184 valence electrons. The van der Waals surface area contributed by atoms with E-state index in [9.17, 15) is 0 Å². The van der Waals surface area contributed by atoms with Crippen LogP contribution in [0, 0.1) is 6.92 Å². The van der Waals surface area contributed by atoms with Crippen molar-refractivity contribution in [2.45, 2.75) is 6.92 Å². The molecule has 3 aromatic heterocycles. The maximum atomic E-state index is 5.06. The van der Waals surface area contributed by atoms with Crippen molar-refractivity contribution in [2.75, 3.05) is 0 Å². The summed E-state index contributed by atoms with van der Waals surface area (Å²) in [6.45, 7) is 2.14. The number of hydrogen-bond acceptors (Lipinski definition) is 4. The van der Waals surface area contributed by atoms with Crippen molar-refractivity contribution in [1.82, 2.24) is 19.5 Å². The molecule has 0 atom stereocenters. The van der Waals surface area contributed by atoms with Gasteiger partial charge in [0.15, 0.2) is 11.6 Å². The third-order valence-corrected chi connectivity index (χ3v) is 8.44. The van der Waals surface area contributed by atoms with E-state index in [1.807, 2.05) is 72.0 Å². The summed E-state index contributed by atoms with van der Waals surface area (Å²) in [6.07, 6.45) is 0. The predicted octanol–water partition coefficient (Wildman–Crippen LogP) is 8.98. The number of thiophene rings is 1. The number of aromatic nitrogens is 4. The average molecular weight is 519 g/mol. The van der Waals surface area contributed by atoms with E-state index in [0.717, 1.165) is 22.2 Å². The first kappa shape index (κ1) is 22.1. The molecule has 0 amide bonds. The Kier molecular flexibility index (Phi) is 4.87. The van der Waals surface area contributed by atoms with Crippen molar-refractivity contribution >= 4 is 53.3 Å². The van der Waals surface area contributed by atoms with Crippen LogP contribution in [0.1, 0.15) is 5.56 Å². The molecule has 39 heavy (non-hydrogen) atoms. The van der Waals surface area contributed by atoms with Crippen LogP contribution in [0.5, 0.6) is 0 Å². The van der Waals surface area contributed by atoms with Crippen LogP contribution in [0.4, 0.5) is 0 Å². The average Bonchev–Trinajstić information content (AvgIpc) is 3.51. The van der Waals surface area contributed by atoms with E-state index in [-0.39, 0.29) is 0 Å². The highest BCUT2D eigenvalue weighted by Gasteiger charge is 2.19. The van der Waals surface area contributed by atoms with Gasteiger partial charge in [0, 0.05) is 42.1 Å². The molecule has 8 rings (SSSR count). The van der Waals surface area contributed by atoms with Crippen molar-refractivity contribution < 1.29 is 0 Å². The molecular formula is C34H22N4S. The molecule has 0 unspecified atom stereocenters. The summed E-state index contributed by atoms with van der Waals surface area (Å²) in [6, 6.07) is 40.2. The summed E-state index contributed by atoms with van der Waals surface area (Å²) < 4.78 is 4.75. The Labute approximate surface area is 228 Å². The minimum atomic E-state index is 0.618. The highest BCUT2D eigenvalue weighted by Crippen LogP contribution is 2.40. The summed E-state index contributed by atoms with van der Waals surface area (Å²) in [5.41, 5.74) is 5.33. The minimum absolute atomic E-state index is 0.618. The number of hydrogen-bond donors (Lipinski definition) is 0. The lowest BCUT2D eigenvalue weighted by molar-refractivity contribution is 0.954. The Morgan fingerprint density at radius 3 is 1.87 bits per heavy atom. The van der Waals surface area contributed by atoms with Gasteiger partial charge in [-0.25, -0.2) is 4.98 Å². The van der Waals surface area contributed by atoms with Crippen molar-refractivity contribution in [3.8, 4) is 28.7 Å². The molecule has 0 aliphatic rings. The Hall–Kier alpha value is -4.87. The zero-order chi connectivity index (χ0) is 25.9. The Bertz CT molecular complexity index is 2120. The largest absolute Gasteiger partial charge is 0.278 e. The third kappa shape index (κ3) is 3.55. The lowest BCUT2D eigenvalue weighted by atomic mass is 10.1. The number of aryl methyl sites for hydroxylation is 1. The van der Waals surface area contributed by atoms with Gasteiger partial charge in [0.05, 0.1) is 11.0 Å². The van der Waals surface area contributed by atoms with Crippen molar-refractivity contribution in [3.05, 3.63) is 121 Å². The number of nitrogens with zero attached hydrogens (tertiary/aromatic N) is 4. The molecule has 0 aliphatic carbocycles. The van der Waals surface area contributed by atoms with Crippen molar-refractivity contribution in [3.63, 3.8) is 0 Å². The topological polar surface area (TPSA) is 43.6 Å². The minimum Gasteiger partial charge on any atom is -0.278 e. The van der Waals surface area contributed by atoms with Gasteiger partial charge in [-0.3, -0.25) is 4.57 Å². The zero-order valence-corrected chi connectivity index (χ0v) is 22.0. The zero-order valence-electron chi connectivity index (χ0n) is 21.2. The van der Waals surface area contributed by atoms with Crippen molar-refractivity contribution in [2.24, 2.45) is 0 Å². The van der Waals surface area contributed by atoms with Crippen LogP contribution in [0.3, 0.4) is 0 Å². The summed E-state index contributed by atoms with van der Waals surface area (Å²) >= 11 is 1.83. The first-order valence-corrected chi connectivity index (χ1v) is 13.8. The van der Waals surface area contributed by atoms with Gasteiger partial charge >= 0.3 is 0 Å². The third-order valence-electron chi connectivity index (χ3n) is 7.31. The van der Waals surface area contributed by atoms with Crippen LogP contribution in [0.15, 0.2) is 115 Å². The molecule has 5 aromatic carbocycles. The van der Waals surface area contributed by atoms with Gasteiger partial charge in [-0.15, -0.1) is 11.3 Å². The van der Waals surface area contributed by atoms with E-state index in [0.29, 0.717) is 17.6 Å². The second kappa shape index (κ2) is 8.58. The normalized spacial score (nSPS) is 11.7. The fourth-order valence-electron chi connectivity index (χ4n) is 5.46. The van der Waals surface area contributed by atoms with E-state index in [1.165, 1.54) is 36.5 Å². The second-order valence-electron chi connectivity index (χ2n) is 9.83. The van der Waals surface area contributed by atoms with E-state index >= 15 is 0 Å². The molecule has 0 N–H and O–H groups in total. The predicted molar refractivity (Wildman–Crippen MR) is 163 cm³/mol. The molecule has 5 heteroatoms. The summed E-state index contributed by atoms with van der Waals surface area (Å²) in [5.74, 6) is 1.93. The molecule has 0 radical (unpaired) electrons. The first-order chi connectivity index (χ1) is 19.2. The highest BCUT2D eigenvalue weighted by atomic mass is 32.1. The van der Waals surface area contributed by atoms with Gasteiger partial charge in [0.2, 0.25) is 5.95 Å². The second-order valence-corrected chi connectivity index (χ2v) is 10.9. The van der Waals surface area contributed by atoms with Gasteiger partial charge in [-0.2, -0.15) is 9.97 Å². The van der Waals surface area contributed by atoms with Crippen LogP contribution >= 0.6 is 11.3 Å². The van der Waals surface area contributed by atoms with Crippen molar-refractivity contribution in [1.29, 1.82) is 0 Å². The van der Waals surface area contributed by atoms with Crippen LogP contribution in [-0.4, -0.2) is 19.5 Å². The molecule has 8 aromatic rings. The Morgan fingerprint density at radius 1 is 0.513 bits per heavy atom. The Balaban J connectivity index is 1.49.